The molecule has 2 amide bonds. The summed E-state index contributed by atoms with van der Waals surface area (Å²) in [6.45, 7) is 0.324. The van der Waals surface area contributed by atoms with E-state index in [0.29, 0.717) is 32.6 Å². The Labute approximate surface area is 199 Å². The highest BCUT2D eigenvalue weighted by atomic mass is 35.5. The van der Waals surface area contributed by atoms with Crippen molar-refractivity contribution in [1.29, 1.82) is 0 Å². The molecule has 8 heteroatoms. The SMILES string of the molecule is COc1ccc(/C=C2\SC(=O)N(Cc3ccccc3Cl)C2=O)cc1OCc1ccc(F)cc1. The number of thioether (sulfide) groups is 1. The maximum absolute atomic E-state index is 13.1. The van der Waals surface area contributed by atoms with Crippen LogP contribution in [0.5, 0.6) is 11.5 Å². The minimum absolute atomic E-state index is 0.107. The molecule has 1 aliphatic rings. The largest absolute Gasteiger partial charge is 0.493 e. The number of halogens is 2. The number of imide groups is 1. The highest BCUT2D eigenvalue weighted by Gasteiger charge is 2.35. The third-order valence-electron chi connectivity index (χ3n) is 4.95. The van der Waals surface area contributed by atoms with E-state index >= 15 is 0 Å². The lowest BCUT2D eigenvalue weighted by Crippen LogP contribution is -2.27. The monoisotopic (exact) mass is 483 g/mol. The van der Waals surface area contributed by atoms with Gasteiger partial charge in [-0.15, -0.1) is 0 Å². The van der Waals surface area contributed by atoms with Gasteiger partial charge in [-0.2, -0.15) is 0 Å². The van der Waals surface area contributed by atoms with E-state index in [-0.39, 0.29) is 30.1 Å². The Kier molecular flexibility index (Phi) is 7.01. The first-order valence-corrected chi connectivity index (χ1v) is 11.2. The predicted octanol–water partition coefficient (Wildman–Crippen LogP) is 6.30. The van der Waals surface area contributed by atoms with Crippen LogP contribution in [-0.2, 0) is 17.9 Å². The van der Waals surface area contributed by atoms with Gasteiger partial charge < -0.3 is 9.47 Å². The molecule has 1 aliphatic heterocycles. The topological polar surface area (TPSA) is 55.8 Å². The van der Waals surface area contributed by atoms with Crippen molar-refractivity contribution in [3.05, 3.63) is 99.2 Å². The molecular weight excluding hydrogens is 465 g/mol. The van der Waals surface area contributed by atoms with Gasteiger partial charge in [-0.3, -0.25) is 14.5 Å². The molecule has 0 saturated carbocycles. The Morgan fingerprint density at radius 3 is 2.52 bits per heavy atom. The number of methoxy groups -OCH3 is 1. The smallest absolute Gasteiger partial charge is 0.293 e. The number of hydrogen-bond acceptors (Lipinski definition) is 5. The number of hydrogen-bond donors (Lipinski definition) is 0. The molecule has 1 fully saturated rings. The van der Waals surface area contributed by atoms with Gasteiger partial charge in [0.1, 0.15) is 12.4 Å². The summed E-state index contributed by atoms with van der Waals surface area (Å²) < 4.78 is 24.3. The highest BCUT2D eigenvalue weighted by Crippen LogP contribution is 2.36. The van der Waals surface area contributed by atoms with Crippen LogP contribution in [0.15, 0.2) is 71.6 Å². The number of ether oxygens (including phenoxy) is 2. The van der Waals surface area contributed by atoms with E-state index in [1.807, 2.05) is 0 Å². The van der Waals surface area contributed by atoms with Crippen molar-refractivity contribution in [3.8, 4) is 11.5 Å². The molecule has 0 aliphatic carbocycles. The second-order valence-electron chi connectivity index (χ2n) is 7.18. The van der Waals surface area contributed by atoms with Gasteiger partial charge in [-0.05, 0) is 64.9 Å². The first kappa shape index (κ1) is 22.9. The molecule has 0 radical (unpaired) electrons. The van der Waals surface area contributed by atoms with Gasteiger partial charge in [0.15, 0.2) is 11.5 Å². The number of rotatable bonds is 7. The third-order valence-corrected chi connectivity index (χ3v) is 6.23. The zero-order valence-corrected chi connectivity index (χ0v) is 19.2. The Bertz CT molecular complexity index is 1230. The van der Waals surface area contributed by atoms with E-state index in [1.54, 1.807) is 60.7 Å². The maximum Gasteiger partial charge on any atom is 0.293 e. The number of amides is 2. The molecule has 4 rings (SSSR count). The summed E-state index contributed by atoms with van der Waals surface area (Å²) in [5.41, 5.74) is 2.17. The summed E-state index contributed by atoms with van der Waals surface area (Å²) in [7, 11) is 1.53. The summed E-state index contributed by atoms with van der Waals surface area (Å²) in [6, 6.07) is 18.3. The van der Waals surface area contributed by atoms with Crippen molar-refractivity contribution in [2.45, 2.75) is 13.2 Å². The Hall–Kier alpha value is -3.29. The minimum atomic E-state index is -0.380. The predicted molar refractivity (Wildman–Crippen MR) is 127 cm³/mol. The first-order valence-electron chi connectivity index (χ1n) is 9.98. The Morgan fingerprint density at radius 1 is 1.03 bits per heavy atom. The molecule has 1 heterocycles. The molecule has 33 heavy (non-hydrogen) atoms. The van der Waals surface area contributed by atoms with E-state index in [4.69, 9.17) is 21.1 Å². The maximum atomic E-state index is 13.1. The molecule has 0 atom stereocenters. The van der Waals surface area contributed by atoms with Crippen LogP contribution in [0.4, 0.5) is 9.18 Å². The second kappa shape index (κ2) is 10.1. The van der Waals surface area contributed by atoms with Crippen molar-refractivity contribution in [2.24, 2.45) is 0 Å². The van der Waals surface area contributed by atoms with E-state index in [2.05, 4.69) is 0 Å². The van der Waals surface area contributed by atoms with Gasteiger partial charge in [0.2, 0.25) is 0 Å². The molecule has 0 aromatic heterocycles. The average molecular weight is 484 g/mol. The fourth-order valence-electron chi connectivity index (χ4n) is 3.22. The summed E-state index contributed by atoms with van der Waals surface area (Å²) in [4.78, 5) is 26.8. The molecule has 0 bridgehead atoms. The highest BCUT2D eigenvalue weighted by molar-refractivity contribution is 8.18. The van der Waals surface area contributed by atoms with Gasteiger partial charge in [-0.1, -0.05) is 48.0 Å². The first-order chi connectivity index (χ1) is 15.9. The van der Waals surface area contributed by atoms with E-state index in [1.165, 1.54) is 24.1 Å². The summed E-state index contributed by atoms with van der Waals surface area (Å²) in [5, 5.41) is 0.145. The molecule has 0 unspecified atom stereocenters. The zero-order valence-electron chi connectivity index (χ0n) is 17.6. The lowest BCUT2D eigenvalue weighted by molar-refractivity contribution is -0.123. The lowest BCUT2D eigenvalue weighted by Gasteiger charge is -2.13. The van der Waals surface area contributed by atoms with E-state index in [0.717, 1.165) is 17.3 Å². The fourth-order valence-corrected chi connectivity index (χ4v) is 4.26. The van der Waals surface area contributed by atoms with E-state index in [9.17, 15) is 14.0 Å². The van der Waals surface area contributed by atoms with Crippen LogP contribution in [0.1, 0.15) is 16.7 Å². The van der Waals surface area contributed by atoms with Crippen LogP contribution >= 0.6 is 23.4 Å². The minimum Gasteiger partial charge on any atom is -0.493 e. The van der Waals surface area contributed by atoms with Gasteiger partial charge >= 0.3 is 0 Å². The number of benzene rings is 3. The van der Waals surface area contributed by atoms with Gasteiger partial charge in [0, 0.05) is 5.02 Å². The van der Waals surface area contributed by atoms with Crippen molar-refractivity contribution in [1.82, 2.24) is 4.90 Å². The summed E-state index contributed by atoms with van der Waals surface area (Å²) in [5.74, 6) is 0.281. The Balaban J connectivity index is 1.52. The molecule has 3 aromatic carbocycles. The van der Waals surface area contributed by atoms with Gasteiger partial charge in [-0.25, -0.2) is 4.39 Å². The summed E-state index contributed by atoms with van der Waals surface area (Å²) in [6.07, 6.45) is 1.64. The quantitative estimate of drug-likeness (QED) is 0.369. The third kappa shape index (κ3) is 5.38. The van der Waals surface area contributed by atoms with Crippen molar-refractivity contribution < 1.29 is 23.5 Å². The van der Waals surface area contributed by atoms with Gasteiger partial charge in [0.25, 0.3) is 11.1 Å². The molecular formula is C25H19ClFNO4S. The molecule has 1 saturated heterocycles. The average Bonchev–Trinajstić information content (AvgIpc) is 3.07. The van der Waals surface area contributed by atoms with Crippen LogP contribution in [-0.4, -0.2) is 23.2 Å². The lowest BCUT2D eigenvalue weighted by atomic mass is 10.1. The van der Waals surface area contributed by atoms with Crippen molar-refractivity contribution >= 4 is 40.6 Å². The molecule has 0 N–H and O–H groups in total. The van der Waals surface area contributed by atoms with Gasteiger partial charge in [0.05, 0.1) is 18.6 Å². The standard InChI is InChI=1S/C25H19ClFNO4S/c1-31-21-11-8-17(12-22(21)32-15-16-6-9-19(27)10-7-16)13-23-24(29)28(25(30)33-23)14-18-4-2-3-5-20(18)26/h2-13H,14-15H2,1H3/b23-13-. The summed E-state index contributed by atoms with van der Waals surface area (Å²) >= 11 is 7.05. The number of carbonyl (C=O) groups excluding carboxylic acids is 2. The van der Waals surface area contributed by atoms with Crippen LogP contribution in [0.25, 0.3) is 6.08 Å². The van der Waals surface area contributed by atoms with Crippen molar-refractivity contribution in [2.75, 3.05) is 7.11 Å². The van der Waals surface area contributed by atoms with Crippen LogP contribution in [0.2, 0.25) is 5.02 Å². The van der Waals surface area contributed by atoms with Crippen molar-refractivity contribution in [3.63, 3.8) is 0 Å². The Morgan fingerprint density at radius 2 is 1.79 bits per heavy atom. The second-order valence-corrected chi connectivity index (χ2v) is 8.59. The van der Waals surface area contributed by atoms with Crippen LogP contribution in [0, 0.1) is 5.82 Å². The van der Waals surface area contributed by atoms with Crippen LogP contribution in [0.3, 0.4) is 0 Å². The molecule has 168 valence electrons. The van der Waals surface area contributed by atoms with E-state index < -0.39 is 0 Å². The molecule has 0 spiro atoms. The molecule has 5 nitrogen and oxygen atoms in total. The molecule has 3 aromatic rings. The number of nitrogens with zero attached hydrogens (tertiary/aromatic N) is 1. The van der Waals surface area contributed by atoms with Crippen LogP contribution < -0.4 is 9.47 Å². The number of carbonyl (C=O) groups is 2. The zero-order chi connectivity index (χ0) is 23.4. The normalized spacial score (nSPS) is 14.8. The fraction of sp³-hybridized carbons (Fsp3) is 0.120.